The van der Waals surface area contributed by atoms with Gasteiger partial charge in [-0.2, -0.15) is 0 Å². The first-order valence-corrected chi connectivity index (χ1v) is 8.77. The van der Waals surface area contributed by atoms with Crippen LogP contribution in [0.15, 0.2) is 51.7 Å². The largest absolute Gasteiger partial charge is 0.497 e. The average molecular weight is 400 g/mol. The fraction of sp³-hybridized carbons (Fsp3) is 0.250. The van der Waals surface area contributed by atoms with Gasteiger partial charge in [0.25, 0.3) is 5.91 Å². The van der Waals surface area contributed by atoms with Crippen molar-refractivity contribution in [2.75, 3.05) is 26.1 Å². The van der Waals surface area contributed by atoms with Crippen LogP contribution in [-0.2, 0) is 20.9 Å². The first kappa shape index (κ1) is 20.0. The van der Waals surface area contributed by atoms with Gasteiger partial charge in [0.05, 0.1) is 31.8 Å². The van der Waals surface area contributed by atoms with E-state index in [4.69, 9.17) is 18.6 Å². The molecule has 1 heterocycles. The van der Waals surface area contributed by atoms with Gasteiger partial charge in [-0.3, -0.25) is 14.2 Å². The third-order valence-corrected chi connectivity index (χ3v) is 4.16. The molecule has 0 saturated heterocycles. The number of fused-ring (bicyclic) bond motifs is 1. The number of oxazole rings is 1. The molecule has 0 fully saturated rings. The van der Waals surface area contributed by atoms with Crippen molar-refractivity contribution in [3.63, 3.8) is 0 Å². The molecule has 0 spiro atoms. The molecule has 0 aliphatic rings. The number of anilines is 1. The van der Waals surface area contributed by atoms with Gasteiger partial charge in [0.15, 0.2) is 12.2 Å². The second-order valence-electron chi connectivity index (χ2n) is 6.01. The predicted octanol–water partition coefficient (Wildman–Crippen LogP) is 2.18. The normalized spacial score (nSPS) is 10.6. The highest BCUT2D eigenvalue weighted by molar-refractivity contribution is 5.94. The molecule has 152 valence electrons. The van der Waals surface area contributed by atoms with E-state index in [0.717, 1.165) is 0 Å². The van der Waals surface area contributed by atoms with Crippen LogP contribution in [0.2, 0.25) is 0 Å². The molecule has 0 unspecified atom stereocenters. The van der Waals surface area contributed by atoms with E-state index in [9.17, 15) is 14.4 Å². The van der Waals surface area contributed by atoms with Crippen LogP contribution in [0.3, 0.4) is 0 Å². The van der Waals surface area contributed by atoms with Crippen LogP contribution in [0, 0.1) is 0 Å². The van der Waals surface area contributed by atoms with E-state index in [1.54, 1.807) is 42.5 Å². The highest BCUT2D eigenvalue weighted by Crippen LogP contribution is 2.28. The molecule has 0 atom stereocenters. The molecular weight excluding hydrogens is 380 g/mol. The smallest absolute Gasteiger partial charge is 0.419 e. The van der Waals surface area contributed by atoms with Crippen molar-refractivity contribution in [3.05, 3.63) is 53.0 Å². The van der Waals surface area contributed by atoms with Gasteiger partial charge in [-0.25, -0.2) is 4.79 Å². The van der Waals surface area contributed by atoms with Crippen molar-refractivity contribution >= 4 is 28.7 Å². The van der Waals surface area contributed by atoms with Crippen molar-refractivity contribution in [2.45, 2.75) is 13.0 Å². The van der Waals surface area contributed by atoms with E-state index < -0.39 is 24.2 Å². The van der Waals surface area contributed by atoms with Crippen molar-refractivity contribution < 1.29 is 28.2 Å². The SMILES string of the molecule is COc1ccc(OC)c(NC(=O)COC(=O)CCn2c(=O)oc3ccccc32)c1. The summed E-state index contributed by atoms with van der Waals surface area (Å²) in [7, 11) is 2.97. The first-order chi connectivity index (χ1) is 14.0. The molecule has 0 radical (unpaired) electrons. The number of aromatic nitrogens is 1. The molecule has 29 heavy (non-hydrogen) atoms. The van der Waals surface area contributed by atoms with Gasteiger partial charge in [0, 0.05) is 12.6 Å². The summed E-state index contributed by atoms with van der Waals surface area (Å²) in [4.78, 5) is 36.0. The Kier molecular flexibility index (Phi) is 6.18. The highest BCUT2D eigenvalue weighted by Gasteiger charge is 2.14. The number of rotatable bonds is 8. The molecule has 1 amide bonds. The number of esters is 1. The minimum Gasteiger partial charge on any atom is -0.497 e. The molecule has 0 aliphatic carbocycles. The van der Waals surface area contributed by atoms with Gasteiger partial charge in [-0.05, 0) is 24.3 Å². The summed E-state index contributed by atoms with van der Waals surface area (Å²) in [6, 6.07) is 11.8. The maximum Gasteiger partial charge on any atom is 0.419 e. The number of hydrogen-bond donors (Lipinski definition) is 1. The Bertz CT molecular complexity index is 1080. The van der Waals surface area contributed by atoms with Crippen molar-refractivity contribution in [3.8, 4) is 11.5 Å². The van der Waals surface area contributed by atoms with Gasteiger partial charge in [0.1, 0.15) is 11.5 Å². The average Bonchev–Trinajstić information content (AvgIpc) is 3.05. The maximum atomic E-state index is 12.1. The van der Waals surface area contributed by atoms with Crippen LogP contribution in [0.1, 0.15) is 6.42 Å². The number of ether oxygens (including phenoxy) is 3. The number of carbonyl (C=O) groups excluding carboxylic acids is 2. The van der Waals surface area contributed by atoms with E-state index >= 15 is 0 Å². The van der Waals surface area contributed by atoms with Crippen LogP contribution >= 0.6 is 0 Å². The number of para-hydroxylation sites is 2. The molecule has 2 aromatic carbocycles. The van der Waals surface area contributed by atoms with Gasteiger partial charge < -0.3 is 23.9 Å². The molecular formula is C20H20N2O7. The summed E-state index contributed by atoms with van der Waals surface area (Å²) >= 11 is 0. The Hall–Kier alpha value is -3.75. The Labute approximate surface area is 165 Å². The number of benzene rings is 2. The summed E-state index contributed by atoms with van der Waals surface area (Å²) in [5.74, 6) is -0.722. The Balaban J connectivity index is 1.53. The Morgan fingerprint density at radius 3 is 2.66 bits per heavy atom. The lowest BCUT2D eigenvalue weighted by atomic mass is 10.2. The number of carbonyl (C=O) groups is 2. The minimum atomic E-state index is -0.616. The van der Waals surface area contributed by atoms with E-state index in [-0.39, 0.29) is 13.0 Å². The summed E-state index contributed by atoms with van der Waals surface area (Å²) < 4.78 is 21.7. The minimum absolute atomic E-state index is 0.0833. The zero-order chi connectivity index (χ0) is 20.8. The molecule has 0 aliphatic heterocycles. The van der Waals surface area contributed by atoms with E-state index in [2.05, 4.69) is 5.32 Å². The number of amides is 1. The summed E-state index contributed by atoms with van der Waals surface area (Å²) in [5, 5.41) is 2.60. The number of nitrogens with zero attached hydrogens (tertiary/aromatic N) is 1. The quantitative estimate of drug-likeness (QED) is 0.577. The molecule has 1 aromatic heterocycles. The van der Waals surface area contributed by atoms with Gasteiger partial charge >= 0.3 is 11.7 Å². The maximum absolute atomic E-state index is 12.1. The zero-order valence-electron chi connectivity index (χ0n) is 16.0. The van der Waals surface area contributed by atoms with E-state index in [1.165, 1.54) is 18.8 Å². The Morgan fingerprint density at radius 1 is 1.10 bits per heavy atom. The molecule has 9 heteroatoms. The fourth-order valence-corrected chi connectivity index (χ4v) is 2.75. The number of methoxy groups -OCH3 is 2. The molecule has 1 N–H and O–H groups in total. The number of nitrogens with one attached hydrogen (secondary N) is 1. The lowest BCUT2D eigenvalue weighted by Gasteiger charge is -2.12. The van der Waals surface area contributed by atoms with Crippen molar-refractivity contribution in [2.24, 2.45) is 0 Å². The lowest BCUT2D eigenvalue weighted by Crippen LogP contribution is -2.23. The molecule has 0 saturated carbocycles. The van der Waals surface area contributed by atoms with E-state index in [1.807, 2.05) is 0 Å². The van der Waals surface area contributed by atoms with Crippen LogP contribution in [-0.4, -0.2) is 37.3 Å². The first-order valence-electron chi connectivity index (χ1n) is 8.77. The van der Waals surface area contributed by atoms with Gasteiger partial charge in [-0.1, -0.05) is 12.1 Å². The standard InChI is InChI=1S/C20H20N2O7/c1-26-13-7-8-16(27-2)14(11-13)21-18(23)12-28-19(24)9-10-22-15-5-3-4-6-17(15)29-20(22)25/h3-8,11H,9-10,12H2,1-2H3,(H,21,23). The second-order valence-corrected chi connectivity index (χ2v) is 6.01. The monoisotopic (exact) mass is 400 g/mol. The second kappa shape index (κ2) is 8.96. The van der Waals surface area contributed by atoms with Crippen molar-refractivity contribution in [1.82, 2.24) is 4.57 Å². The van der Waals surface area contributed by atoms with Crippen LogP contribution in [0.25, 0.3) is 11.1 Å². The summed E-state index contributed by atoms with van der Waals surface area (Å²) in [5.41, 5.74) is 1.43. The van der Waals surface area contributed by atoms with Crippen molar-refractivity contribution in [1.29, 1.82) is 0 Å². The predicted molar refractivity (Wildman–Crippen MR) is 104 cm³/mol. The number of aryl methyl sites for hydroxylation is 1. The van der Waals surface area contributed by atoms with E-state index in [0.29, 0.717) is 28.3 Å². The topological polar surface area (TPSA) is 109 Å². The van der Waals surface area contributed by atoms with Crippen LogP contribution in [0.5, 0.6) is 11.5 Å². The van der Waals surface area contributed by atoms with Crippen LogP contribution in [0.4, 0.5) is 5.69 Å². The van der Waals surface area contributed by atoms with Gasteiger partial charge in [-0.15, -0.1) is 0 Å². The Morgan fingerprint density at radius 2 is 1.90 bits per heavy atom. The third kappa shape index (κ3) is 4.75. The summed E-state index contributed by atoms with van der Waals surface area (Å²) in [6.45, 7) is -0.389. The molecule has 3 aromatic rings. The lowest BCUT2D eigenvalue weighted by molar-refractivity contribution is -0.147. The number of hydrogen-bond acceptors (Lipinski definition) is 7. The third-order valence-electron chi connectivity index (χ3n) is 4.16. The van der Waals surface area contributed by atoms with Gasteiger partial charge in [0.2, 0.25) is 0 Å². The fourth-order valence-electron chi connectivity index (χ4n) is 2.75. The highest BCUT2D eigenvalue weighted by atomic mass is 16.5. The summed E-state index contributed by atoms with van der Waals surface area (Å²) in [6.07, 6.45) is -0.0841. The molecule has 9 nitrogen and oxygen atoms in total. The molecule has 0 bridgehead atoms. The zero-order valence-corrected chi connectivity index (χ0v) is 16.0. The molecule has 3 rings (SSSR count). The van der Waals surface area contributed by atoms with Crippen LogP contribution < -0.4 is 20.5 Å².